The van der Waals surface area contributed by atoms with Crippen molar-refractivity contribution < 1.29 is 28.2 Å². The average Bonchev–Trinajstić information content (AvgIpc) is 3.51. The van der Waals surface area contributed by atoms with Crippen LogP contribution in [0.3, 0.4) is 0 Å². The molecular weight excluding hydrogens is 539 g/mol. The van der Waals surface area contributed by atoms with Gasteiger partial charge in [0.1, 0.15) is 18.7 Å². The van der Waals surface area contributed by atoms with E-state index in [0.29, 0.717) is 38.5 Å². The van der Waals surface area contributed by atoms with Gasteiger partial charge in [0.2, 0.25) is 5.82 Å². The summed E-state index contributed by atoms with van der Waals surface area (Å²) in [7, 11) is -0.717. The highest BCUT2D eigenvalue weighted by Gasteiger charge is 2.36. The molecule has 2 amide bonds. The number of aromatic nitrogens is 3. The Hall–Kier alpha value is -3.03. The molecule has 0 aromatic carbocycles. The van der Waals surface area contributed by atoms with Gasteiger partial charge in [0.05, 0.1) is 25.5 Å². The van der Waals surface area contributed by atoms with Crippen molar-refractivity contribution in [1.82, 2.24) is 20.3 Å². The van der Waals surface area contributed by atoms with Crippen molar-refractivity contribution in [2.45, 2.75) is 32.3 Å². The van der Waals surface area contributed by atoms with Crippen molar-refractivity contribution in [2.24, 2.45) is 5.92 Å². The lowest BCUT2D eigenvalue weighted by Gasteiger charge is -2.29. The van der Waals surface area contributed by atoms with Crippen molar-refractivity contribution in [3.8, 4) is 5.88 Å². The molecule has 0 unspecified atom stereocenters. The molecule has 11 nitrogen and oxygen atoms in total. The molecule has 1 aliphatic carbocycles. The summed E-state index contributed by atoms with van der Waals surface area (Å²) in [6, 6.07) is 0. The molecular formula is C27H37FN6O5S. The fourth-order valence-electron chi connectivity index (χ4n) is 5.08. The molecule has 0 radical (unpaired) electrons. The zero-order valence-corrected chi connectivity index (χ0v) is 24.3. The maximum atomic E-state index is 14.1. The van der Waals surface area contributed by atoms with E-state index in [1.165, 1.54) is 22.2 Å². The normalized spacial score (nSPS) is 20.8. The van der Waals surface area contributed by atoms with Gasteiger partial charge in [0.15, 0.2) is 12.4 Å². The van der Waals surface area contributed by atoms with Gasteiger partial charge < -0.3 is 19.5 Å². The number of anilines is 2. The molecule has 1 fully saturated rings. The van der Waals surface area contributed by atoms with Crippen LogP contribution in [0.25, 0.3) is 0 Å². The van der Waals surface area contributed by atoms with Crippen LogP contribution in [-0.4, -0.2) is 97.2 Å². The van der Waals surface area contributed by atoms with Crippen LogP contribution in [-0.2, 0) is 27.1 Å². The van der Waals surface area contributed by atoms with Gasteiger partial charge in [-0.2, -0.15) is 0 Å². The standard InChI is InChI=1S/C27H37FN6O5S/c1-17-20-9-18(10-21(20)22(28)12-30-17)11-29-6-5-19-14-33(27(36)39-19)23-13-31-26-25(32-23)34(24(35)15-38-26)16-37-7-8-40(2,3)4/h12-13,18-19,29H,5-11,14-16H2,1-4H3/t18-,19-/m1/s1. The second-order valence-corrected chi connectivity index (χ2v) is 15.9. The molecule has 0 saturated carbocycles. The summed E-state index contributed by atoms with van der Waals surface area (Å²) in [6.45, 7) is 4.06. The van der Waals surface area contributed by atoms with E-state index in [1.807, 2.05) is 6.92 Å². The third-order valence-electron chi connectivity index (χ3n) is 7.33. The summed E-state index contributed by atoms with van der Waals surface area (Å²) in [5, 5.41) is 3.43. The van der Waals surface area contributed by atoms with Crippen LogP contribution in [0.1, 0.15) is 23.2 Å². The smallest absolute Gasteiger partial charge is 0.415 e. The number of carbonyl (C=O) groups excluding carboxylic acids is 2. The number of carbonyl (C=O) groups is 2. The van der Waals surface area contributed by atoms with Crippen molar-refractivity contribution in [1.29, 1.82) is 0 Å². The Morgan fingerprint density at radius 1 is 1.18 bits per heavy atom. The van der Waals surface area contributed by atoms with Gasteiger partial charge in [-0.3, -0.25) is 19.6 Å². The zero-order valence-electron chi connectivity index (χ0n) is 23.4. The number of ether oxygens (including phenoxy) is 3. The van der Waals surface area contributed by atoms with E-state index in [9.17, 15) is 14.0 Å². The molecule has 0 spiro atoms. The molecule has 5 rings (SSSR count). The van der Waals surface area contributed by atoms with Gasteiger partial charge in [0, 0.05) is 11.4 Å². The molecule has 2 atom stereocenters. The van der Waals surface area contributed by atoms with E-state index in [-0.39, 0.29) is 48.7 Å². The summed E-state index contributed by atoms with van der Waals surface area (Å²) < 4.78 is 30.9. The van der Waals surface area contributed by atoms with E-state index >= 15 is 0 Å². The number of cyclic esters (lactones) is 1. The van der Waals surface area contributed by atoms with E-state index in [0.717, 1.165) is 35.5 Å². The monoisotopic (exact) mass is 576 g/mol. The molecule has 0 bridgehead atoms. The molecule has 1 N–H and O–H groups in total. The fraction of sp³-hybridized carbons (Fsp3) is 0.593. The minimum absolute atomic E-state index is 0.0381. The molecule has 2 aromatic heterocycles. The van der Waals surface area contributed by atoms with Crippen molar-refractivity contribution in [3.05, 3.63) is 35.0 Å². The predicted molar refractivity (Wildman–Crippen MR) is 151 cm³/mol. The minimum atomic E-state index is -0.717. The van der Waals surface area contributed by atoms with Gasteiger partial charge in [0.25, 0.3) is 11.8 Å². The first-order valence-electron chi connectivity index (χ1n) is 13.4. The highest BCUT2D eigenvalue weighted by Crippen LogP contribution is 2.34. The first-order chi connectivity index (χ1) is 19.1. The number of aryl methyl sites for hydroxylation is 1. The second kappa shape index (κ2) is 11.8. The molecule has 218 valence electrons. The number of rotatable bonds is 11. The fourth-order valence-corrected chi connectivity index (χ4v) is 5.69. The summed E-state index contributed by atoms with van der Waals surface area (Å²) in [4.78, 5) is 41.0. The number of fused-ring (bicyclic) bond motifs is 2. The van der Waals surface area contributed by atoms with E-state index < -0.39 is 16.1 Å². The first kappa shape index (κ1) is 28.5. The molecule has 2 aromatic rings. The predicted octanol–water partition coefficient (Wildman–Crippen LogP) is 2.43. The van der Waals surface area contributed by atoms with Crippen molar-refractivity contribution in [3.63, 3.8) is 0 Å². The third kappa shape index (κ3) is 6.47. The number of amides is 2. The Morgan fingerprint density at radius 2 is 1.98 bits per heavy atom. The Kier molecular flexibility index (Phi) is 8.43. The number of pyridine rings is 1. The Morgan fingerprint density at radius 3 is 2.75 bits per heavy atom. The number of halogens is 1. The quantitative estimate of drug-likeness (QED) is 0.402. The Bertz CT molecular complexity index is 1240. The maximum Gasteiger partial charge on any atom is 0.415 e. The number of nitrogens with zero attached hydrogens (tertiary/aromatic N) is 5. The summed E-state index contributed by atoms with van der Waals surface area (Å²) in [5.41, 5.74) is 2.71. The highest BCUT2D eigenvalue weighted by molar-refractivity contribution is 8.32. The number of nitrogens with one attached hydrogen (secondary N) is 1. The topological polar surface area (TPSA) is 119 Å². The lowest BCUT2D eigenvalue weighted by atomic mass is 10.1. The number of hydrogen-bond acceptors (Lipinski definition) is 9. The lowest BCUT2D eigenvalue weighted by Crippen LogP contribution is -2.42. The average molecular weight is 577 g/mol. The van der Waals surface area contributed by atoms with Crippen LogP contribution in [0, 0.1) is 18.7 Å². The van der Waals surface area contributed by atoms with Crippen molar-refractivity contribution >= 4 is 33.7 Å². The van der Waals surface area contributed by atoms with Crippen LogP contribution >= 0.6 is 10.0 Å². The molecule has 40 heavy (non-hydrogen) atoms. The van der Waals surface area contributed by atoms with Crippen LogP contribution < -0.4 is 19.9 Å². The Balaban J connectivity index is 1.13. The lowest BCUT2D eigenvalue weighted by molar-refractivity contribution is -0.122. The largest absolute Gasteiger partial charge is 0.465 e. The summed E-state index contributed by atoms with van der Waals surface area (Å²) in [6.07, 6.45) is 10.7. The van der Waals surface area contributed by atoms with Crippen LogP contribution in [0.2, 0.25) is 0 Å². The maximum absolute atomic E-state index is 14.1. The second-order valence-electron chi connectivity index (χ2n) is 11.3. The molecule has 4 heterocycles. The molecule has 13 heteroatoms. The highest BCUT2D eigenvalue weighted by atomic mass is 32.3. The van der Waals surface area contributed by atoms with Crippen LogP contribution in [0.15, 0.2) is 12.4 Å². The van der Waals surface area contributed by atoms with Crippen LogP contribution in [0.5, 0.6) is 5.88 Å². The number of hydrogen-bond donors (Lipinski definition) is 1. The van der Waals surface area contributed by atoms with Gasteiger partial charge in [-0.15, -0.1) is 0 Å². The van der Waals surface area contributed by atoms with Crippen molar-refractivity contribution in [2.75, 3.05) is 73.9 Å². The summed E-state index contributed by atoms with van der Waals surface area (Å²) >= 11 is 0. The molecule has 1 saturated heterocycles. The van der Waals surface area contributed by atoms with E-state index in [2.05, 4.69) is 39.0 Å². The van der Waals surface area contributed by atoms with Gasteiger partial charge in [-0.25, -0.2) is 29.2 Å². The van der Waals surface area contributed by atoms with Crippen LogP contribution in [0.4, 0.5) is 20.8 Å². The first-order valence-corrected chi connectivity index (χ1v) is 16.5. The van der Waals surface area contributed by atoms with E-state index in [4.69, 9.17) is 14.2 Å². The zero-order chi connectivity index (χ0) is 28.4. The molecule has 3 aliphatic rings. The van der Waals surface area contributed by atoms with E-state index in [1.54, 1.807) is 0 Å². The Labute approximate surface area is 235 Å². The minimum Gasteiger partial charge on any atom is -0.465 e. The van der Waals surface area contributed by atoms with Gasteiger partial charge in [-0.05, 0) is 75.1 Å². The molecule has 2 aliphatic heterocycles. The summed E-state index contributed by atoms with van der Waals surface area (Å²) in [5.74, 6) is 1.47. The third-order valence-corrected chi connectivity index (χ3v) is 8.72. The SMILES string of the molecule is Cc1ncc(F)c2c1C[C@@H](CNCC[C@@H]1CN(c3cnc4c(n3)N(COCCS(C)(C)C)C(=O)CO4)C(=O)O1)C2. The van der Waals surface area contributed by atoms with Gasteiger partial charge >= 0.3 is 6.09 Å². The van der Waals surface area contributed by atoms with Gasteiger partial charge in [-0.1, -0.05) is 0 Å².